The Morgan fingerprint density at radius 1 is 0.909 bits per heavy atom. The van der Waals surface area contributed by atoms with E-state index in [1.807, 2.05) is 0 Å². The fraction of sp³-hybridized carbons (Fsp3) is 0.250. The zero-order valence-electron chi connectivity index (χ0n) is 11.7. The van der Waals surface area contributed by atoms with Crippen molar-refractivity contribution in [1.29, 1.82) is 0 Å². The van der Waals surface area contributed by atoms with Crippen molar-refractivity contribution in [3.63, 3.8) is 0 Å². The number of benzene rings is 2. The number of quaternary nitrogens is 1. The fourth-order valence-electron chi connectivity index (χ4n) is 2.83. The maximum absolute atomic E-state index is 13.5. The number of hydrogen-bond acceptors (Lipinski definition) is 2. The van der Waals surface area contributed by atoms with Gasteiger partial charge < -0.3 is 15.2 Å². The number of nitrogens with one attached hydrogen (secondary N) is 1. The number of halogens is 3. The third kappa shape index (κ3) is 2.44. The lowest BCUT2D eigenvalue weighted by Crippen LogP contribution is -2.80. The summed E-state index contributed by atoms with van der Waals surface area (Å²) in [6.07, 6.45) is -4.50. The zero-order chi connectivity index (χ0) is 15.8. The highest BCUT2D eigenvalue weighted by Crippen LogP contribution is 2.46. The van der Waals surface area contributed by atoms with Gasteiger partial charge in [-0.1, -0.05) is 36.4 Å². The molecule has 2 aromatic carbocycles. The van der Waals surface area contributed by atoms with Gasteiger partial charge in [0.1, 0.15) is 18.8 Å². The summed E-state index contributed by atoms with van der Waals surface area (Å²) >= 11 is 0. The molecule has 0 unspecified atom stereocenters. The maximum atomic E-state index is 13.5. The van der Waals surface area contributed by atoms with Crippen molar-refractivity contribution in [3.05, 3.63) is 65.9 Å². The second-order valence-electron chi connectivity index (χ2n) is 5.61. The van der Waals surface area contributed by atoms with Gasteiger partial charge in [-0.25, -0.2) is 0 Å². The molecule has 0 aromatic heterocycles. The molecule has 2 aromatic rings. The molecular formula is C16H15F3N2O. The van der Waals surface area contributed by atoms with Crippen LogP contribution in [0.2, 0.25) is 0 Å². The van der Waals surface area contributed by atoms with Gasteiger partial charge in [-0.2, -0.15) is 13.2 Å². The third-order valence-electron chi connectivity index (χ3n) is 3.98. The normalized spacial score (nSPS) is 28.0. The predicted molar refractivity (Wildman–Crippen MR) is 80.2 cm³/mol. The predicted octanol–water partition coefficient (Wildman–Crippen LogP) is 3.92. The van der Waals surface area contributed by atoms with E-state index in [0.29, 0.717) is 11.4 Å². The first-order valence-electron chi connectivity index (χ1n) is 6.88. The molecule has 6 heteroatoms. The quantitative estimate of drug-likeness (QED) is 0.689. The van der Waals surface area contributed by atoms with Gasteiger partial charge >= 0.3 is 6.18 Å². The molecule has 1 aliphatic rings. The van der Waals surface area contributed by atoms with Crippen molar-refractivity contribution in [3.8, 4) is 0 Å². The van der Waals surface area contributed by atoms with Crippen LogP contribution in [0.3, 0.4) is 0 Å². The minimum Gasteiger partial charge on any atom is -0.627 e. The van der Waals surface area contributed by atoms with Gasteiger partial charge in [-0.15, -0.1) is 0 Å². The molecule has 3 rings (SSSR count). The smallest absolute Gasteiger partial charge is 0.422 e. The van der Waals surface area contributed by atoms with Crippen LogP contribution in [0.25, 0.3) is 0 Å². The molecule has 0 aliphatic carbocycles. The summed E-state index contributed by atoms with van der Waals surface area (Å²) in [6, 6.07) is 16.3. The Bertz CT molecular complexity index is 637. The summed E-state index contributed by atoms with van der Waals surface area (Å²) < 4.78 is 39.5. The molecule has 0 bridgehead atoms. The van der Waals surface area contributed by atoms with Gasteiger partial charge in [0.25, 0.3) is 0 Å². The Labute approximate surface area is 126 Å². The molecular weight excluding hydrogens is 293 g/mol. The van der Waals surface area contributed by atoms with E-state index in [-0.39, 0.29) is 0 Å². The molecule has 3 nitrogen and oxygen atoms in total. The lowest BCUT2D eigenvalue weighted by atomic mass is 9.86. The highest BCUT2D eigenvalue weighted by molar-refractivity contribution is 5.54. The van der Waals surface area contributed by atoms with E-state index in [4.69, 9.17) is 0 Å². The molecule has 0 saturated carbocycles. The molecule has 1 fully saturated rings. The van der Waals surface area contributed by atoms with Gasteiger partial charge in [0, 0.05) is 5.69 Å². The zero-order valence-corrected chi connectivity index (χ0v) is 11.7. The number of rotatable bonds is 3. The van der Waals surface area contributed by atoms with Crippen LogP contribution in [0, 0.1) is 5.21 Å². The third-order valence-corrected chi connectivity index (χ3v) is 3.98. The number of alkyl halides is 3. The van der Waals surface area contributed by atoms with Gasteiger partial charge in [-0.05, 0) is 24.3 Å². The van der Waals surface area contributed by atoms with Gasteiger partial charge in [0.15, 0.2) is 0 Å². The molecule has 1 heterocycles. The maximum Gasteiger partial charge on any atom is 0.422 e. The lowest BCUT2D eigenvalue weighted by Gasteiger charge is -2.60. The summed E-state index contributed by atoms with van der Waals surface area (Å²) in [5.74, 6) is 0. The number of anilines is 1. The van der Waals surface area contributed by atoms with E-state index >= 15 is 0 Å². The lowest BCUT2D eigenvalue weighted by molar-refractivity contribution is -0.206. The van der Waals surface area contributed by atoms with Crippen molar-refractivity contribution in [1.82, 2.24) is 4.65 Å². The highest BCUT2D eigenvalue weighted by atomic mass is 19.4. The Morgan fingerprint density at radius 3 is 1.91 bits per heavy atom. The highest BCUT2D eigenvalue weighted by Gasteiger charge is 2.68. The van der Waals surface area contributed by atoms with Crippen LogP contribution in [0.15, 0.2) is 60.7 Å². The van der Waals surface area contributed by atoms with Gasteiger partial charge in [-0.3, -0.25) is 0 Å². The van der Waals surface area contributed by atoms with Gasteiger partial charge in [0.2, 0.25) is 5.54 Å². The molecule has 0 spiro atoms. The molecule has 0 amide bonds. The summed E-state index contributed by atoms with van der Waals surface area (Å²) in [5.41, 5.74) is -1.48. The first-order chi connectivity index (χ1) is 10.3. The monoisotopic (exact) mass is 308 g/mol. The van der Waals surface area contributed by atoms with Crippen LogP contribution >= 0.6 is 0 Å². The molecule has 0 atom stereocenters. The van der Waals surface area contributed by atoms with E-state index in [1.54, 1.807) is 60.7 Å². The number of hydrogen-bond donors (Lipinski definition) is 1. The molecule has 1 aliphatic heterocycles. The standard InChI is InChI=1S/C16H15F3N2O/c17-16(18,19)15(20-13-7-3-1-4-8-13)11-21(22,12-15)14-9-5-2-6-10-14/h1-10,20H,11-12H2. The van der Waals surface area contributed by atoms with Crippen molar-refractivity contribution >= 4 is 11.4 Å². The Hall–Kier alpha value is -2.05. The van der Waals surface area contributed by atoms with Crippen LogP contribution in [-0.2, 0) is 0 Å². The van der Waals surface area contributed by atoms with E-state index in [0.717, 1.165) is 0 Å². The summed E-state index contributed by atoms with van der Waals surface area (Å²) in [4.78, 5) is 0. The van der Waals surface area contributed by atoms with Crippen LogP contribution in [0.1, 0.15) is 0 Å². The minimum atomic E-state index is -4.50. The van der Waals surface area contributed by atoms with Crippen LogP contribution < -0.4 is 9.96 Å². The van der Waals surface area contributed by atoms with Crippen molar-refractivity contribution in [2.24, 2.45) is 0 Å². The van der Waals surface area contributed by atoms with Crippen LogP contribution in [-0.4, -0.2) is 24.8 Å². The van der Waals surface area contributed by atoms with E-state index < -0.39 is 29.5 Å². The summed E-state index contributed by atoms with van der Waals surface area (Å²) in [6.45, 7) is -1.15. The number of nitrogens with zero attached hydrogens (tertiary/aromatic N) is 1. The minimum absolute atomic E-state index is 0.345. The molecule has 1 saturated heterocycles. The van der Waals surface area contributed by atoms with Crippen LogP contribution in [0.5, 0.6) is 0 Å². The molecule has 116 valence electrons. The Balaban J connectivity index is 1.86. The average Bonchev–Trinajstić information content (AvgIpc) is 2.46. The van der Waals surface area contributed by atoms with E-state index in [1.165, 1.54) is 0 Å². The molecule has 0 radical (unpaired) electrons. The van der Waals surface area contributed by atoms with Gasteiger partial charge in [0.05, 0.1) is 0 Å². The molecule has 1 N–H and O–H groups in total. The Kier molecular flexibility index (Phi) is 3.38. The fourth-order valence-corrected chi connectivity index (χ4v) is 2.83. The Morgan fingerprint density at radius 2 is 1.41 bits per heavy atom. The number of para-hydroxylation sites is 2. The summed E-state index contributed by atoms with van der Waals surface area (Å²) in [5, 5.41) is 15.1. The number of hydroxylamine groups is 2. The van der Waals surface area contributed by atoms with Crippen molar-refractivity contribution in [2.45, 2.75) is 11.7 Å². The second-order valence-corrected chi connectivity index (χ2v) is 5.61. The summed E-state index contributed by atoms with van der Waals surface area (Å²) in [7, 11) is 0. The second kappa shape index (κ2) is 5.00. The largest absolute Gasteiger partial charge is 0.627 e. The SMILES string of the molecule is [O-][N+]1(c2ccccc2)CC(Nc2ccccc2)(C(F)(F)F)C1. The average molecular weight is 308 g/mol. The first-order valence-corrected chi connectivity index (χ1v) is 6.88. The topological polar surface area (TPSA) is 35.1 Å². The van der Waals surface area contributed by atoms with E-state index in [9.17, 15) is 18.4 Å². The van der Waals surface area contributed by atoms with Crippen molar-refractivity contribution in [2.75, 3.05) is 18.4 Å². The van der Waals surface area contributed by atoms with E-state index in [2.05, 4.69) is 5.32 Å². The first kappa shape index (κ1) is 14.9. The van der Waals surface area contributed by atoms with Crippen LogP contribution in [0.4, 0.5) is 24.5 Å². The van der Waals surface area contributed by atoms with Crippen molar-refractivity contribution < 1.29 is 13.2 Å². The molecule has 22 heavy (non-hydrogen) atoms.